The second kappa shape index (κ2) is 4.78. The molecule has 17 heavy (non-hydrogen) atoms. The summed E-state index contributed by atoms with van der Waals surface area (Å²) >= 11 is 0. The summed E-state index contributed by atoms with van der Waals surface area (Å²) in [5, 5.41) is 15.8. The van der Waals surface area contributed by atoms with Crippen molar-refractivity contribution in [2.45, 2.75) is 19.8 Å². The number of nitrogens with one attached hydrogen (secondary N) is 1. The Morgan fingerprint density at radius 2 is 2.12 bits per heavy atom. The molecule has 0 saturated carbocycles. The molecule has 5 heteroatoms. The molecule has 2 N–H and O–H groups in total. The van der Waals surface area contributed by atoms with Crippen molar-refractivity contribution in [1.29, 1.82) is 0 Å². The van der Waals surface area contributed by atoms with E-state index >= 15 is 0 Å². The highest BCUT2D eigenvalue weighted by Crippen LogP contribution is 2.23. The minimum absolute atomic E-state index is 0.110. The van der Waals surface area contributed by atoms with Gasteiger partial charge in [-0.25, -0.2) is 0 Å². The third-order valence-corrected chi connectivity index (χ3v) is 2.62. The van der Waals surface area contributed by atoms with Gasteiger partial charge in [-0.15, -0.1) is 0 Å². The van der Waals surface area contributed by atoms with E-state index in [-0.39, 0.29) is 6.42 Å². The summed E-state index contributed by atoms with van der Waals surface area (Å²) < 4.78 is 0. The summed E-state index contributed by atoms with van der Waals surface area (Å²) in [7, 11) is 0. The van der Waals surface area contributed by atoms with Crippen LogP contribution in [0, 0.1) is 6.92 Å². The number of carboxylic acid groups (broad SMARTS) is 1. The number of carboxylic acids is 1. The lowest BCUT2D eigenvalue weighted by Gasteiger charge is -2.02. The van der Waals surface area contributed by atoms with Crippen LogP contribution in [0.5, 0.6) is 0 Å². The average molecular weight is 231 g/mol. The highest BCUT2D eigenvalue weighted by atomic mass is 16.4. The Kier molecular flexibility index (Phi) is 3.18. The molecule has 0 spiro atoms. The first-order valence-corrected chi connectivity index (χ1v) is 5.34. The predicted molar refractivity (Wildman–Crippen MR) is 62.5 cm³/mol. The standard InChI is InChI=1S/C12H13N3O2/c1-8-10(2-3-11(16)17)12(15-14-8)9-4-6-13-7-5-9/h4-7H,2-3H2,1H3,(H,14,15)(H,16,17). The molecule has 0 aliphatic rings. The first kappa shape index (κ1) is 11.3. The molecule has 0 unspecified atom stereocenters. The number of hydrogen-bond acceptors (Lipinski definition) is 3. The van der Waals surface area contributed by atoms with Crippen molar-refractivity contribution < 1.29 is 9.90 Å². The van der Waals surface area contributed by atoms with Crippen molar-refractivity contribution in [3.63, 3.8) is 0 Å². The zero-order chi connectivity index (χ0) is 12.3. The number of rotatable bonds is 4. The average Bonchev–Trinajstić information content (AvgIpc) is 2.69. The lowest BCUT2D eigenvalue weighted by molar-refractivity contribution is -0.136. The smallest absolute Gasteiger partial charge is 0.303 e. The van der Waals surface area contributed by atoms with Gasteiger partial charge in [-0.2, -0.15) is 5.10 Å². The third kappa shape index (κ3) is 2.50. The van der Waals surface area contributed by atoms with Gasteiger partial charge >= 0.3 is 5.97 Å². The molecule has 2 aromatic heterocycles. The Balaban J connectivity index is 2.32. The second-order valence-corrected chi connectivity index (χ2v) is 3.81. The number of hydrogen-bond donors (Lipinski definition) is 2. The van der Waals surface area contributed by atoms with Crippen molar-refractivity contribution in [2.75, 3.05) is 0 Å². The maximum Gasteiger partial charge on any atom is 0.303 e. The molecule has 2 rings (SSSR count). The Hall–Kier alpha value is -2.17. The van der Waals surface area contributed by atoms with Crippen molar-refractivity contribution in [2.24, 2.45) is 0 Å². The van der Waals surface area contributed by atoms with Gasteiger partial charge < -0.3 is 5.11 Å². The number of carbonyl (C=O) groups is 1. The van der Waals surface area contributed by atoms with Gasteiger partial charge in [0.15, 0.2) is 0 Å². The number of aromatic nitrogens is 3. The quantitative estimate of drug-likeness (QED) is 0.840. The molecule has 0 amide bonds. The normalized spacial score (nSPS) is 10.4. The van der Waals surface area contributed by atoms with Gasteiger partial charge in [0.05, 0.1) is 5.69 Å². The van der Waals surface area contributed by atoms with E-state index in [1.807, 2.05) is 19.1 Å². The van der Waals surface area contributed by atoms with Gasteiger partial charge in [0, 0.05) is 35.6 Å². The summed E-state index contributed by atoms with van der Waals surface area (Å²) in [5.74, 6) is -0.800. The Morgan fingerprint density at radius 1 is 1.41 bits per heavy atom. The molecule has 5 nitrogen and oxygen atoms in total. The van der Waals surface area contributed by atoms with Crippen molar-refractivity contribution in [3.8, 4) is 11.3 Å². The van der Waals surface area contributed by atoms with Crippen LogP contribution in [0.15, 0.2) is 24.5 Å². The fraction of sp³-hybridized carbons (Fsp3) is 0.250. The molecule has 0 fully saturated rings. The Bertz CT molecular complexity index is 520. The van der Waals surface area contributed by atoms with E-state index in [9.17, 15) is 4.79 Å². The fourth-order valence-corrected chi connectivity index (χ4v) is 1.74. The maximum atomic E-state index is 10.6. The molecule has 88 valence electrons. The minimum atomic E-state index is -0.800. The van der Waals surface area contributed by atoms with E-state index in [1.54, 1.807) is 12.4 Å². The van der Waals surface area contributed by atoms with Crippen LogP contribution in [0.25, 0.3) is 11.3 Å². The van der Waals surface area contributed by atoms with Gasteiger partial charge in [0.25, 0.3) is 0 Å². The molecule has 0 aromatic carbocycles. The van der Waals surface area contributed by atoms with E-state index < -0.39 is 5.97 Å². The highest BCUT2D eigenvalue weighted by Gasteiger charge is 2.13. The van der Waals surface area contributed by atoms with Gasteiger partial charge in [-0.05, 0) is 25.5 Å². The van der Waals surface area contributed by atoms with E-state index in [0.717, 1.165) is 22.5 Å². The van der Waals surface area contributed by atoms with E-state index in [0.29, 0.717) is 6.42 Å². The fourth-order valence-electron chi connectivity index (χ4n) is 1.74. The van der Waals surface area contributed by atoms with Gasteiger partial charge in [-0.1, -0.05) is 0 Å². The lowest BCUT2D eigenvalue weighted by atomic mass is 10.0. The minimum Gasteiger partial charge on any atom is -0.481 e. The molecule has 2 heterocycles. The van der Waals surface area contributed by atoms with Gasteiger partial charge in [0.2, 0.25) is 0 Å². The van der Waals surface area contributed by atoms with Crippen LogP contribution in [-0.2, 0) is 11.2 Å². The van der Waals surface area contributed by atoms with Crippen LogP contribution in [0.3, 0.4) is 0 Å². The SMILES string of the molecule is Cc1[nH]nc(-c2ccncc2)c1CCC(=O)O. The molecular formula is C12H13N3O2. The van der Waals surface area contributed by atoms with Crippen LogP contribution >= 0.6 is 0 Å². The molecule has 0 aliphatic carbocycles. The summed E-state index contributed by atoms with van der Waals surface area (Å²) in [6.45, 7) is 1.90. The van der Waals surface area contributed by atoms with E-state index in [4.69, 9.17) is 5.11 Å². The lowest BCUT2D eigenvalue weighted by Crippen LogP contribution is -1.99. The molecule has 0 saturated heterocycles. The topological polar surface area (TPSA) is 78.9 Å². The van der Waals surface area contributed by atoms with Gasteiger partial charge in [-0.3, -0.25) is 14.9 Å². The van der Waals surface area contributed by atoms with E-state index in [1.165, 1.54) is 0 Å². The van der Waals surface area contributed by atoms with Gasteiger partial charge in [0.1, 0.15) is 0 Å². The number of aliphatic carboxylic acids is 1. The molecule has 0 radical (unpaired) electrons. The summed E-state index contributed by atoms with van der Waals surface area (Å²) in [5.41, 5.74) is 3.63. The van der Waals surface area contributed by atoms with Crippen LogP contribution in [0.4, 0.5) is 0 Å². The third-order valence-electron chi connectivity index (χ3n) is 2.62. The summed E-state index contributed by atoms with van der Waals surface area (Å²) in [6, 6.07) is 3.72. The maximum absolute atomic E-state index is 10.6. The molecule has 0 atom stereocenters. The highest BCUT2D eigenvalue weighted by molar-refractivity contribution is 5.69. The Labute approximate surface area is 98.5 Å². The van der Waals surface area contributed by atoms with E-state index in [2.05, 4.69) is 15.2 Å². The molecule has 0 aliphatic heterocycles. The Morgan fingerprint density at radius 3 is 2.76 bits per heavy atom. The second-order valence-electron chi connectivity index (χ2n) is 3.81. The number of nitrogens with zero attached hydrogens (tertiary/aromatic N) is 2. The van der Waals surface area contributed by atoms with Crippen molar-refractivity contribution in [1.82, 2.24) is 15.2 Å². The zero-order valence-corrected chi connectivity index (χ0v) is 9.47. The number of pyridine rings is 1. The number of aromatic amines is 1. The zero-order valence-electron chi connectivity index (χ0n) is 9.47. The molecule has 2 aromatic rings. The first-order chi connectivity index (χ1) is 8.18. The number of H-pyrrole nitrogens is 1. The molecule has 0 bridgehead atoms. The summed E-state index contributed by atoms with van der Waals surface area (Å²) in [4.78, 5) is 14.6. The predicted octanol–water partition coefficient (Wildman–Crippen LogP) is 1.80. The van der Waals surface area contributed by atoms with Crippen LogP contribution < -0.4 is 0 Å². The monoisotopic (exact) mass is 231 g/mol. The van der Waals surface area contributed by atoms with Crippen LogP contribution in [-0.4, -0.2) is 26.3 Å². The molecular weight excluding hydrogens is 218 g/mol. The first-order valence-electron chi connectivity index (χ1n) is 5.34. The van der Waals surface area contributed by atoms with Crippen molar-refractivity contribution >= 4 is 5.97 Å². The largest absolute Gasteiger partial charge is 0.481 e. The van der Waals surface area contributed by atoms with Crippen molar-refractivity contribution in [3.05, 3.63) is 35.8 Å². The number of aryl methyl sites for hydroxylation is 1. The van der Waals surface area contributed by atoms with Crippen LogP contribution in [0.2, 0.25) is 0 Å². The van der Waals surface area contributed by atoms with Crippen LogP contribution in [0.1, 0.15) is 17.7 Å². The summed E-state index contributed by atoms with van der Waals surface area (Å²) in [6.07, 6.45) is 3.98.